The van der Waals surface area contributed by atoms with Gasteiger partial charge in [0.25, 0.3) is 0 Å². The van der Waals surface area contributed by atoms with E-state index < -0.39 is 12.0 Å². The number of nitrogens with one attached hydrogen (secondary N) is 1. The summed E-state index contributed by atoms with van der Waals surface area (Å²) in [6.45, 7) is 0.604. The number of nitrogens with two attached hydrogens (primary N) is 1. The molecule has 15 heavy (non-hydrogen) atoms. The van der Waals surface area contributed by atoms with E-state index in [4.69, 9.17) is 16.2 Å². The third-order valence-electron chi connectivity index (χ3n) is 2.29. The minimum absolute atomic E-state index is 0.00623. The van der Waals surface area contributed by atoms with Crippen molar-refractivity contribution in [2.45, 2.75) is 18.9 Å². The average molecular weight is 216 g/mol. The highest BCUT2D eigenvalue weighted by Gasteiger charge is 2.19. The molecule has 1 atom stereocenters. The molecule has 0 fully saturated rings. The Hall–Kier alpha value is -1.30. The molecule has 6 heteroatoms. The zero-order valence-corrected chi connectivity index (χ0v) is 9.53. The highest BCUT2D eigenvalue weighted by atomic mass is 16.4. The Labute approximate surface area is 90.2 Å². The van der Waals surface area contributed by atoms with E-state index in [0.717, 1.165) is 0 Å². The molecule has 0 aromatic rings. The number of nitrogens with zero attached hydrogens (tertiary/aromatic N) is 2. The maximum Gasteiger partial charge on any atom is 0.320 e. The van der Waals surface area contributed by atoms with Crippen LogP contribution in [0.4, 0.5) is 0 Å². The molecular weight excluding hydrogens is 196 g/mol. The van der Waals surface area contributed by atoms with Gasteiger partial charge in [0, 0.05) is 13.6 Å². The molecule has 0 aromatic heterocycles. The zero-order valence-electron chi connectivity index (χ0n) is 9.53. The normalized spacial score (nSPS) is 12.5. The summed E-state index contributed by atoms with van der Waals surface area (Å²) < 4.78 is 0. The molecule has 0 aromatic carbocycles. The summed E-state index contributed by atoms with van der Waals surface area (Å²) in [5, 5.41) is 16.0. The Kier molecular flexibility index (Phi) is 5.69. The van der Waals surface area contributed by atoms with Gasteiger partial charge in [0.2, 0.25) is 0 Å². The molecule has 0 spiro atoms. The Morgan fingerprint density at radius 2 is 2.00 bits per heavy atom. The van der Waals surface area contributed by atoms with Crippen LogP contribution in [0.15, 0.2) is 0 Å². The van der Waals surface area contributed by atoms with E-state index in [0.29, 0.717) is 19.4 Å². The summed E-state index contributed by atoms with van der Waals surface area (Å²) in [5.41, 5.74) is 5.25. The van der Waals surface area contributed by atoms with Crippen molar-refractivity contribution in [1.82, 2.24) is 9.80 Å². The van der Waals surface area contributed by atoms with Gasteiger partial charge in [-0.05, 0) is 26.9 Å². The van der Waals surface area contributed by atoms with Crippen LogP contribution in [-0.2, 0) is 4.79 Å². The summed E-state index contributed by atoms with van der Waals surface area (Å²) >= 11 is 0. The van der Waals surface area contributed by atoms with Gasteiger partial charge in [0.1, 0.15) is 6.04 Å². The number of hydrogen-bond acceptors (Lipinski definition) is 3. The Morgan fingerprint density at radius 1 is 1.47 bits per heavy atom. The molecule has 0 rings (SSSR count). The van der Waals surface area contributed by atoms with E-state index in [1.54, 1.807) is 30.9 Å². The highest BCUT2D eigenvalue weighted by molar-refractivity contribution is 5.74. The molecule has 0 bridgehead atoms. The standard InChI is InChI=1S/C9H20N4O2/c1-12(2)7(8(14)15)5-4-6-13(3)9(10)11/h7H,4-6H2,1-3H3,(H3,10,11)(H,14,15)/t7-/m0/s1. The van der Waals surface area contributed by atoms with Gasteiger partial charge in [0.15, 0.2) is 5.96 Å². The van der Waals surface area contributed by atoms with Gasteiger partial charge in [-0.2, -0.15) is 0 Å². The molecule has 0 saturated carbocycles. The van der Waals surface area contributed by atoms with Crippen LogP contribution >= 0.6 is 0 Å². The molecule has 0 radical (unpaired) electrons. The first kappa shape index (κ1) is 13.7. The first-order valence-electron chi connectivity index (χ1n) is 4.80. The monoisotopic (exact) mass is 216 g/mol. The second kappa shape index (κ2) is 6.23. The van der Waals surface area contributed by atoms with Crippen LogP contribution in [0, 0.1) is 5.41 Å². The van der Waals surface area contributed by atoms with Crippen molar-refractivity contribution in [3.05, 3.63) is 0 Å². The second-order valence-corrected chi connectivity index (χ2v) is 3.77. The molecular formula is C9H20N4O2. The van der Waals surface area contributed by atoms with Crippen molar-refractivity contribution < 1.29 is 9.90 Å². The van der Waals surface area contributed by atoms with E-state index in [9.17, 15) is 4.79 Å². The van der Waals surface area contributed by atoms with E-state index in [1.165, 1.54) is 0 Å². The van der Waals surface area contributed by atoms with Crippen LogP contribution in [0.3, 0.4) is 0 Å². The first-order chi connectivity index (χ1) is 6.86. The molecule has 0 aliphatic carbocycles. The van der Waals surface area contributed by atoms with Gasteiger partial charge in [-0.3, -0.25) is 15.1 Å². The van der Waals surface area contributed by atoms with Crippen LogP contribution in [0.5, 0.6) is 0 Å². The van der Waals surface area contributed by atoms with Crippen LogP contribution in [0.1, 0.15) is 12.8 Å². The molecule has 0 unspecified atom stereocenters. The second-order valence-electron chi connectivity index (χ2n) is 3.77. The molecule has 88 valence electrons. The van der Waals surface area contributed by atoms with Gasteiger partial charge >= 0.3 is 5.97 Å². The fourth-order valence-corrected chi connectivity index (χ4v) is 1.24. The van der Waals surface area contributed by atoms with Gasteiger partial charge in [-0.1, -0.05) is 0 Å². The lowest BCUT2D eigenvalue weighted by atomic mass is 10.1. The summed E-state index contributed by atoms with van der Waals surface area (Å²) in [4.78, 5) is 14.1. The number of likely N-dealkylation sites (N-methyl/N-ethyl adjacent to an activating group) is 1. The van der Waals surface area contributed by atoms with Crippen LogP contribution in [0.25, 0.3) is 0 Å². The largest absolute Gasteiger partial charge is 0.480 e. The maximum atomic E-state index is 10.8. The molecule has 0 saturated heterocycles. The van der Waals surface area contributed by atoms with Crippen molar-refractivity contribution in [2.75, 3.05) is 27.7 Å². The number of hydrogen-bond donors (Lipinski definition) is 3. The van der Waals surface area contributed by atoms with Crippen LogP contribution in [0.2, 0.25) is 0 Å². The van der Waals surface area contributed by atoms with E-state index in [-0.39, 0.29) is 5.96 Å². The van der Waals surface area contributed by atoms with Crippen molar-refractivity contribution in [3.8, 4) is 0 Å². The fraction of sp³-hybridized carbons (Fsp3) is 0.778. The predicted molar refractivity (Wildman–Crippen MR) is 58.9 cm³/mol. The minimum Gasteiger partial charge on any atom is -0.480 e. The van der Waals surface area contributed by atoms with E-state index in [1.807, 2.05) is 0 Å². The smallest absolute Gasteiger partial charge is 0.320 e. The SMILES string of the molecule is CN(CCC[C@@H](C(=O)O)N(C)C)C(=N)N. The number of carboxylic acids is 1. The van der Waals surface area contributed by atoms with Crippen molar-refractivity contribution in [3.63, 3.8) is 0 Å². The van der Waals surface area contributed by atoms with Crippen molar-refractivity contribution >= 4 is 11.9 Å². The predicted octanol–water partition coefficient (Wildman–Crippen LogP) is -0.393. The fourth-order valence-electron chi connectivity index (χ4n) is 1.24. The molecule has 0 heterocycles. The summed E-state index contributed by atoms with van der Waals surface area (Å²) in [6, 6.07) is -0.467. The van der Waals surface area contributed by atoms with Crippen LogP contribution in [-0.4, -0.2) is 60.6 Å². The summed E-state index contributed by atoms with van der Waals surface area (Å²) in [5.74, 6) is -0.808. The molecule has 0 aliphatic rings. The number of aliphatic carboxylic acids is 1. The van der Waals surface area contributed by atoms with Gasteiger partial charge < -0.3 is 15.7 Å². The number of carbonyl (C=O) groups is 1. The maximum absolute atomic E-state index is 10.8. The topological polar surface area (TPSA) is 93.7 Å². The lowest BCUT2D eigenvalue weighted by Crippen LogP contribution is -2.37. The van der Waals surface area contributed by atoms with E-state index in [2.05, 4.69) is 0 Å². The number of rotatable bonds is 6. The third-order valence-corrected chi connectivity index (χ3v) is 2.29. The Balaban J connectivity index is 3.92. The van der Waals surface area contributed by atoms with E-state index >= 15 is 0 Å². The van der Waals surface area contributed by atoms with Gasteiger partial charge in [-0.15, -0.1) is 0 Å². The number of carboxylic acid groups (broad SMARTS) is 1. The lowest BCUT2D eigenvalue weighted by Gasteiger charge is -2.22. The third kappa shape index (κ3) is 5.21. The molecule has 4 N–H and O–H groups in total. The molecule has 0 aliphatic heterocycles. The quantitative estimate of drug-likeness (QED) is 0.415. The highest BCUT2D eigenvalue weighted by Crippen LogP contribution is 2.04. The summed E-state index contributed by atoms with van der Waals surface area (Å²) in [6.07, 6.45) is 1.26. The van der Waals surface area contributed by atoms with Crippen molar-refractivity contribution in [1.29, 1.82) is 5.41 Å². The lowest BCUT2D eigenvalue weighted by molar-refractivity contribution is -0.142. The number of guanidine groups is 1. The Bertz CT molecular complexity index is 230. The molecule has 6 nitrogen and oxygen atoms in total. The van der Waals surface area contributed by atoms with Crippen molar-refractivity contribution in [2.24, 2.45) is 5.73 Å². The summed E-state index contributed by atoms with van der Waals surface area (Å²) in [7, 11) is 5.20. The van der Waals surface area contributed by atoms with Gasteiger partial charge in [-0.25, -0.2) is 0 Å². The minimum atomic E-state index is -0.814. The van der Waals surface area contributed by atoms with Gasteiger partial charge in [0.05, 0.1) is 0 Å². The van der Waals surface area contributed by atoms with Crippen LogP contribution < -0.4 is 5.73 Å². The average Bonchev–Trinajstić information content (AvgIpc) is 2.10. The molecule has 0 amide bonds. The Morgan fingerprint density at radius 3 is 2.33 bits per heavy atom. The first-order valence-corrected chi connectivity index (χ1v) is 4.80. The zero-order chi connectivity index (χ0) is 12.0.